The summed E-state index contributed by atoms with van der Waals surface area (Å²) in [5, 5.41) is 23.8. The van der Waals surface area contributed by atoms with Gasteiger partial charge in [0, 0.05) is 38.4 Å². The van der Waals surface area contributed by atoms with Crippen molar-refractivity contribution in [2.24, 2.45) is 0 Å². The number of nitrogens with zero attached hydrogens (tertiary/aromatic N) is 5. The third kappa shape index (κ3) is 4.76. The second-order valence-electron chi connectivity index (χ2n) is 6.40. The molecule has 1 aromatic carbocycles. The number of aliphatic hydroxyl groups excluding tert-OH is 1. The van der Waals surface area contributed by atoms with E-state index in [-0.39, 0.29) is 23.9 Å². The molecule has 1 aromatic heterocycles. The number of carbonyl (C=O) groups excluding carboxylic acids is 1. The van der Waals surface area contributed by atoms with Crippen LogP contribution in [0.5, 0.6) is 0 Å². The predicted octanol–water partition coefficient (Wildman–Crippen LogP) is 1.03. The van der Waals surface area contributed by atoms with Gasteiger partial charge in [-0.3, -0.25) is 15.0 Å². The first-order valence-corrected chi connectivity index (χ1v) is 9.06. The number of aromatic nitrogens is 2. The van der Waals surface area contributed by atoms with Gasteiger partial charge in [0.25, 0.3) is 0 Å². The molecule has 0 aliphatic carbocycles. The maximum Gasteiger partial charge on any atom is 0.353 e. The van der Waals surface area contributed by atoms with Crippen LogP contribution in [-0.2, 0) is 4.74 Å². The Bertz CT molecular complexity index is 868. The number of esters is 1. The van der Waals surface area contributed by atoms with Gasteiger partial charge in [-0.15, -0.1) is 0 Å². The quantitative estimate of drug-likeness (QED) is 0.393. The van der Waals surface area contributed by atoms with E-state index in [1.54, 1.807) is 24.3 Å². The van der Waals surface area contributed by atoms with Crippen molar-refractivity contribution < 1.29 is 19.6 Å². The number of ether oxygens (including phenoxy) is 1. The molecule has 11 nitrogen and oxygen atoms in total. The molecule has 0 unspecified atom stereocenters. The van der Waals surface area contributed by atoms with Crippen LogP contribution in [0.1, 0.15) is 10.4 Å². The summed E-state index contributed by atoms with van der Waals surface area (Å²) in [4.78, 5) is 34.9. The van der Waals surface area contributed by atoms with Gasteiger partial charge in [0.05, 0.1) is 24.2 Å². The molecule has 2 heterocycles. The van der Waals surface area contributed by atoms with E-state index >= 15 is 0 Å². The fourth-order valence-corrected chi connectivity index (χ4v) is 3.13. The van der Waals surface area contributed by atoms with E-state index in [9.17, 15) is 14.9 Å². The molecule has 1 saturated heterocycles. The van der Waals surface area contributed by atoms with Crippen LogP contribution in [0.2, 0.25) is 0 Å². The number of carbonyl (C=O) groups is 1. The summed E-state index contributed by atoms with van der Waals surface area (Å²) < 4.78 is 4.66. The monoisotopic (exact) mass is 402 g/mol. The molecule has 0 amide bonds. The van der Waals surface area contributed by atoms with Crippen LogP contribution < -0.4 is 10.2 Å². The molecular formula is C18H22N6O5. The van der Waals surface area contributed by atoms with Gasteiger partial charge in [-0.1, -0.05) is 0 Å². The number of aliphatic hydroxyl groups is 1. The Morgan fingerprint density at radius 1 is 1.24 bits per heavy atom. The lowest BCUT2D eigenvalue weighted by molar-refractivity contribution is -0.383. The van der Waals surface area contributed by atoms with E-state index in [1.165, 1.54) is 13.4 Å². The van der Waals surface area contributed by atoms with Gasteiger partial charge in [0.1, 0.15) is 6.33 Å². The third-order valence-electron chi connectivity index (χ3n) is 4.64. The molecule has 3 rings (SSSR count). The first kappa shape index (κ1) is 20.4. The van der Waals surface area contributed by atoms with Crippen molar-refractivity contribution >= 4 is 29.0 Å². The largest absolute Gasteiger partial charge is 0.465 e. The fraction of sp³-hybridized carbons (Fsp3) is 0.389. The minimum Gasteiger partial charge on any atom is -0.465 e. The zero-order valence-corrected chi connectivity index (χ0v) is 15.9. The number of piperazine rings is 1. The standard InChI is InChI=1S/C18H22N6O5/c1-29-18(26)13-2-4-14(5-3-13)21-16-15(24(27)28)17(20-12-19-16)23-8-6-22(7-9-23)10-11-25/h2-5,12,25H,6-11H2,1H3,(H,19,20,21). The fourth-order valence-electron chi connectivity index (χ4n) is 3.13. The Morgan fingerprint density at radius 2 is 1.93 bits per heavy atom. The topological polar surface area (TPSA) is 134 Å². The molecule has 1 fully saturated rings. The highest BCUT2D eigenvalue weighted by Gasteiger charge is 2.29. The number of benzene rings is 1. The zero-order chi connectivity index (χ0) is 20.8. The third-order valence-corrected chi connectivity index (χ3v) is 4.64. The Balaban J connectivity index is 1.82. The van der Waals surface area contributed by atoms with E-state index in [4.69, 9.17) is 5.11 Å². The highest BCUT2D eigenvalue weighted by Crippen LogP contribution is 2.34. The number of β-amino-alcohol motifs (C(OH)–C–C–N with tert-alkyl or cyclic N) is 1. The van der Waals surface area contributed by atoms with Crippen LogP contribution in [0.25, 0.3) is 0 Å². The second-order valence-corrected chi connectivity index (χ2v) is 6.40. The van der Waals surface area contributed by atoms with Crippen LogP contribution in [0.3, 0.4) is 0 Å². The van der Waals surface area contributed by atoms with Crippen LogP contribution in [0, 0.1) is 10.1 Å². The van der Waals surface area contributed by atoms with Gasteiger partial charge >= 0.3 is 11.7 Å². The lowest BCUT2D eigenvalue weighted by Gasteiger charge is -2.34. The first-order valence-electron chi connectivity index (χ1n) is 9.06. The Hall–Kier alpha value is -3.31. The molecule has 1 aliphatic rings. The molecule has 0 spiro atoms. The second kappa shape index (κ2) is 9.26. The minimum atomic E-state index is -0.499. The van der Waals surface area contributed by atoms with Crippen molar-refractivity contribution in [3.05, 3.63) is 46.3 Å². The molecular weight excluding hydrogens is 380 g/mol. The first-order chi connectivity index (χ1) is 14.0. The van der Waals surface area contributed by atoms with Crippen molar-refractivity contribution in [3.63, 3.8) is 0 Å². The van der Waals surface area contributed by atoms with Gasteiger partial charge in [-0.25, -0.2) is 14.8 Å². The molecule has 11 heteroatoms. The summed E-state index contributed by atoms with van der Waals surface area (Å²) in [6, 6.07) is 6.35. The number of nitrogens with one attached hydrogen (secondary N) is 1. The van der Waals surface area contributed by atoms with Crippen molar-refractivity contribution in [3.8, 4) is 0 Å². The number of hydrogen-bond donors (Lipinski definition) is 2. The van der Waals surface area contributed by atoms with E-state index in [2.05, 4.69) is 24.9 Å². The molecule has 154 valence electrons. The molecule has 2 N–H and O–H groups in total. The molecule has 0 radical (unpaired) electrons. The normalized spacial score (nSPS) is 14.5. The molecule has 0 bridgehead atoms. The van der Waals surface area contributed by atoms with Crippen molar-refractivity contribution in [1.82, 2.24) is 14.9 Å². The molecule has 0 atom stereocenters. The summed E-state index contributed by atoms with van der Waals surface area (Å²) in [6.45, 7) is 3.14. The zero-order valence-electron chi connectivity index (χ0n) is 15.9. The molecule has 1 aliphatic heterocycles. The maximum atomic E-state index is 11.8. The summed E-state index contributed by atoms with van der Waals surface area (Å²) in [5.74, 6) is -0.141. The van der Waals surface area contributed by atoms with E-state index in [0.717, 1.165) is 0 Å². The minimum absolute atomic E-state index is 0.0728. The number of hydrogen-bond acceptors (Lipinski definition) is 10. The maximum absolute atomic E-state index is 11.8. The average Bonchev–Trinajstić information content (AvgIpc) is 2.74. The summed E-state index contributed by atoms with van der Waals surface area (Å²) >= 11 is 0. The smallest absolute Gasteiger partial charge is 0.353 e. The van der Waals surface area contributed by atoms with E-state index in [0.29, 0.717) is 44.0 Å². The number of rotatable bonds is 7. The molecule has 2 aromatic rings. The van der Waals surface area contributed by atoms with Gasteiger partial charge < -0.3 is 20.1 Å². The highest BCUT2D eigenvalue weighted by atomic mass is 16.6. The SMILES string of the molecule is COC(=O)c1ccc(Nc2ncnc(N3CCN(CCO)CC3)c2[N+](=O)[O-])cc1. The van der Waals surface area contributed by atoms with E-state index < -0.39 is 10.9 Å². The molecule has 29 heavy (non-hydrogen) atoms. The van der Waals surface area contributed by atoms with Gasteiger partial charge in [-0.2, -0.15) is 0 Å². The number of anilines is 3. The Kier molecular flexibility index (Phi) is 6.52. The van der Waals surface area contributed by atoms with Crippen LogP contribution in [-0.4, -0.2) is 77.3 Å². The number of methoxy groups -OCH3 is 1. The lowest BCUT2D eigenvalue weighted by atomic mass is 10.2. The lowest BCUT2D eigenvalue weighted by Crippen LogP contribution is -2.47. The summed E-state index contributed by atoms with van der Waals surface area (Å²) in [6.07, 6.45) is 1.29. The predicted molar refractivity (Wildman–Crippen MR) is 105 cm³/mol. The van der Waals surface area contributed by atoms with Gasteiger partial charge in [-0.05, 0) is 24.3 Å². The van der Waals surface area contributed by atoms with Gasteiger partial charge in [0.2, 0.25) is 11.6 Å². The van der Waals surface area contributed by atoms with Crippen molar-refractivity contribution in [2.75, 3.05) is 56.7 Å². The summed E-state index contributed by atoms with van der Waals surface area (Å²) in [5.41, 5.74) is 0.704. The Morgan fingerprint density at radius 3 is 2.52 bits per heavy atom. The molecule has 0 saturated carbocycles. The van der Waals surface area contributed by atoms with Crippen molar-refractivity contribution in [1.29, 1.82) is 0 Å². The van der Waals surface area contributed by atoms with E-state index in [1.807, 2.05) is 4.90 Å². The van der Waals surface area contributed by atoms with Crippen LogP contribution in [0.4, 0.5) is 23.0 Å². The summed E-state index contributed by atoms with van der Waals surface area (Å²) in [7, 11) is 1.30. The van der Waals surface area contributed by atoms with Crippen LogP contribution >= 0.6 is 0 Å². The van der Waals surface area contributed by atoms with Gasteiger partial charge in [0.15, 0.2) is 0 Å². The van der Waals surface area contributed by atoms with Crippen LogP contribution in [0.15, 0.2) is 30.6 Å². The average molecular weight is 402 g/mol. The number of nitro groups is 1. The van der Waals surface area contributed by atoms with Crippen molar-refractivity contribution in [2.45, 2.75) is 0 Å². The Labute approximate surface area is 167 Å². The highest BCUT2D eigenvalue weighted by molar-refractivity contribution is 5.89.